The molecule has 0 aliphatic heterocycles. The van der Waals surface area contributed by atoms with Gasteiger partial charge in [-0.05, 0) is 12.5 Å². The molecule has 0 atom stereocenters. The van der Waals surface area contributed by atoms with Crippen LogP contribution in [-0.4, -0.2) is 47.1 Å². The third-order valence-corrected chi connectivity index (χ3v) is 1.77. The van der Waals surface area contributed by atoms with Crippen molar-refractivity contribution in [1.29, 1.82) is 0 Å². The number of aliphatic hydroxyl groups is 2. The quantitative estimate of drug-likeness (QED) is 0.321. The Morgan fingerprint density at radius 3 is 2.17 bits per heavy atom. The van der Waals surface area contributed by atoms with Gasteiger partial charge in [-0.2, -0.15) is 0 Å². The molecule has 6 nitrogen and oxygen atoms in total. The summed E-state index contributed by atoms with van der Waals surface area (Å²) in [5, 5.41) is 25.7. The van der Waals surface area contributed by atoms with Gasteiger partial charge < -0.3 is 20.1 Å². The van der Waals surface area contributed by atoms with Crippen molar-refractivity contribution < 1.29 is 29.6 Å². The van der Waals surface area contributed by atoms with Gasteiger partial charge in [0, 0.05) is 11.6 Å². The van der Waals surface area contributed by atoms with Gasteiger partial charge in [0.25, 0.3) is 0 Å². The first-order valence-corrected chi connectivity index (χ1v) is 5.24. The standard InChI is InChI=1S/C12H16O6/c13-6-2-1-5-10(12(16)17)9-11(15)18-8-4-3-7-14/h1-4,9,13-14H,5-8H2,(H,16,17)/b2-1-,4-3-,10-9+. The van der Waals surface area contributed by atoms with E-state index in [9.17, 15) is 9.59 Å². The molecule has 6 heteroatoms. The highest BCUT2D eigenvalue weighted by Gasteiger charge is 2.08. The number of allylic oxidation sites excluding steroid dienone is 1. The largest absolute Gasteiger partial charge is 0.478 e. The van der Waals surface area contributed by atoms with Gasteiger partial charge in [-0.3, -0.25) is 0 Å². The first-order valence-electron chi connectivity index (χ1n) is 5.24. The summed E-state index contributed by atoms with van der Waals surface area (Å²) in [7, 11) is 0. The minimum absolute atomic E-state index is 0.0253. The van der Waals surface area contributed by atoms with Gasteiger partial charge in [0.2, 0.25) is 0 Å². The fraction of sp³-hybridized carbons (Fsp3) is 0.333. The van der Waals surface area contributed by atoms with E-state index >= 15 is 0 Å². The van der Waals surface area contributed by atoms with E-state index in [1.54, 1.807) is 0 Å². The SMILES string of the molecule is O=C(/C=C(\C/C=C\CO)C(=O)O)OC/C=C\CO. The number of ether oxygens (including phenoxy) is 1. The Bertz CT molecular complexity index is 354. The molecule has 0 bridgehead atoms. The summed E-state index contributed by atoms with van der Waals surface area (Å²) in [6, 6.07) is 0. The van der Waals surface area contributed by atoms with Crippen LogP contribution in [0.4, 0.5) is 0 Å². The van der Waals surface area contributed by atoms with Crippen LogP contribution < -0.4 is 0 Å². The number of rotatable bonds is 8. The van der Waals surface area contributed by atoms with Gasteiger partial charge in [0.15, 0.2) is 0 Å². The van der Waals surface area contributed by atoms with Crippen LogP contribution in [0.15, 0.2) is 36.0 Å². The Labute approximate surface area is 105 Å². The number of hydrogen-bond acceptors (Lipinski definition) is 5. The lowest BCUT2D eigenvalue weighted by atomic mass is 10.1. The van der Waals surface area contributed by atoms with Crippen LogP contribution in [0.1, 0.15) is 6.42 Å². The molecule has 0 radical (unpaired) electrons. The van der Waals surface area contributed by atoms with Crippen LogP contribution in [0.25, 0.3) is 0 Å². The maximum absolute atomic E-state index is 11.2. The number of carbonyl (C=O) groups excluding carboxylic acids is 1. The zero-order chi connectivity index (χ0) is 13.8. The molecule has 0 aromatic rings. The molecule has 0 aliphatic carbocycles. The van der Waals surface area contributed by atoms with Crippen molar-refractivity contribution in [3.63, 3.8) is 0 Å². The predicted molar refractivity (Wildman–Crippen MR) is 63.7 cm³/mol. The smallest absolute Gasteiger partial charge is 0.332 e. The molecule has 0 saturated carbocycles. The maximum Gasteiger partial charge on any atom is 0.332 e. The second kappa shape index (κ2) is 10.2. The molecule has 0 spiro atoms. The molecule has 0 amide bonds. The van der Waals surface area contributed by atoms with Crippen LogP contribution in [0.3, 0.4) is 0 Å². The van der Waals surface area contributed by atoms with Crippen molar-refractivity contribution >= 4 is 11.9 Å². The van der Waals surface area contributed by atoms with Crippen LogP contribution in [0.2, 0.25) is 0 Å². The maximum atomic E-state index is 11.2. The van der Waals surface area contributed by atoms with E-state index < -0.39 is 11.9 Å². The molecule has 3 N–H and O–H groups in total. The van der Waals surface area contributed by atoms with Crippen LogP contribution in [0, 0.1) is 0 Å². The monoisotopic (exact) mass is 256 g/mol. The minimum Gasteiger partial charge on any atom is -0.478 e. The fourth-order valence-corrected chi connectivity index (χ4v) is 0.950. The van der Waals surface area contributed by atoms with E-state index in [0.717, 1.165) is 6.08 Å². The third-order valence-electron chi connectivity index (χ3n) is 1.77. The number of aliphatic hydroxyl groups excluding tert-OH is 2. The second-order valence-electron chi connectivity index (χ2n) is 3.12. The first kappa shape index (κ1) is 16.1. The Balaban J connectivity index is 4.36. The van der Waals surface area contributed by atoms with Gasteiger partial charge in [-0.1, -0.05) is 18.2 Å². The van der Waals surface area contributed by atoms with E-state index in [-0.39, 0.29) is 31.8 Å². The molecule has 0 aromatic heterocycles. The Hall–Kier alpha value is -1.92. The van der Waals surface area contributed by atoms with Crippen molar-refractivity contribution in [2.45, 2.75) is 6.42 Å². The number of esters is 1. The van der Waals surface area contributed by atoms with Crippen molar-refractivity contribution in [2.24, 2.45) is 0 Å². The average molecular weight is 256 g/mol. The summed E-state index contributed by atoms with van der Waals surface area (Å²) < 4.78 is 4.68. The van der Waals surface area contributed by atoms with Gasteiger partial charge >= 0.3 is 11.9 Å². The zero-order valence-electron chi connectivity index (χ0n) is 9.78. The zero-order valence-corrected chi connectivity index (χ0v) is 9.78. The van der Waals surface area contributed by atoms with Crippen molar-refractivity contribution in [3.05, 3.63) is 36.0 Å². The minimum atomic E-state index is -1.22. The van der Waals surface area contributed by atoms with Gasteiger partial charge in [-0.25, -0.2) is 9.59 Å². The number of carboxylic acids is 1. The normalized spacial score (nSPS) is 12.2. The lowest BCUT2D eigenvalue weighted by Crippen LogP contribution is -2.07. The molecule has 0 saturated heterocycles. The third kappa shape index (κ3) is 8.26. The molecule has 0 unspecified atom stereocenters. The highest BCUT2D eigenvalue weighted by atomic mass is 16.5. The van der Waals surface area contributed by atoms with Crippen molar-refractivity contribution in [3.8, 4) is 0 Å². The van der Waals surface area contributed by atoms with Gasteiger partial charge in [0.1, 0.15) is 6.61 Å². The van der Waals surface area contributed by atoms with Crippen LogP contribution in [-0.2, 0) is 14.3 Å². The fourth-order valence-electron chi connectivity index (χ4n) is 0.950. The molecule has 0 rings (SSSR count). The van der Waals surface area contributed by atoms with Crippen molar-refractivity contribution in [2.75, 3.05) is 19.8 Å². The Morgan fingerprint density at radius 1 is 1.00 bits per heavy atom. The summed E-state index contributed by atoms with van der Waals surface area (Å²) in [6.07, 6.45) is 6.58. The second-order valence-corrected chi connectivity index (χ2v) is 3.12. The Morgan fingerprint density at radius 2 is 1.61 bits per heavy atom. The predicted octanol–water partition coefficient (Wildman–Crippen LogP) is 0.0277. The van der Waals surface area contributed by atoms with E-state index in [1.165, 1.54) is 24.3 Å². The number of aliphatic carboxylic acids is 1. The molecule has 18 heavy (non-hydrogen) atoms. The molecule has 0 heterocycles. The highest BCUT2D eigenvalue weighted by Crippen LogP contribution is 2.03. The molecule has 100 valence electrons. The van der Waals surface area contributed by atoms with Gasteiger partial charge in [0.05, 0.1) is 13.2 Å². The molecular weight excluding hydrogens is 240 g/mol. The van der Waals surface area contributed by atoms with Crippen LogP contribution >= 0.6 is 0 Å². The summed E-state index contributed by atoms with van der Waals surface area (Å²) in [6.45, 7) is -0.377. The summed E-state index contributed by atoms with van der Waals surface area (Å²) in [5.74, 6) is -1.99. The molecule has 0 fully saturated rings. The van der Waals surface area contributed by atoms with E-state index in [0.29, 0.717) is 0 Å². The number of hydrogen-bond donors (Lipinski definition) is 3. The van der Waals surface area contributed by atoms with E-state index in [1.807, 2.05) is 0 Å². The summed E-state index contributed by atoms with van der Waals surface area (Å²) in [5.41, 5.74) is -0.129. The molecular formula is C12H16O6. The molecule has 0 aliphatic rings. The van der Waals surface area contributed by atoms with Crippen LogP contribution in [0.5, 0.6) is 0 Å². The lowest BCUT2D eigenvalue weighted by molar-refractivity contribution is -0.138. The highest BCUT2D eigenvalue weighted by molar-refractivity contribution is 5.95. The van der Waals surface area contributed by atoms with E-state index in [4.69, 9.17) is 15.3 Å². The number of carbonyl (C=O) groups is 2. The average Bonchev–Trinajstić information content (AvgIpc) is 2.33. The topological polar surface area (TPSA) is 104 Å². The van der Waals surface area contributed by atoms with E-state index in [2.05, 4.69) is 4.74 Å². The molecule has 0 aromatic carbocycles. The first-order chi connectivity index (χ1) is 8.61. The Kier molecular flexibility index (Phi) is 9.15. The summed E-state index contributed by atoms with van der Waals surface area (Å²) in [4.78, 5) is 22.0. The van der Waals surface area contributed by atoms with Crippen molar-refractivity contribution in [1.82, 2.24) is 0 Å². The number of carboxylic acid groups (broad SMARTS) is 1. The lowest BCUT2D eigenvalue weighted by Gasteiger charge is -1.99. The summed E-state index contributed by atoms with van der Waals surface area (Å²) >= 11 is 0. The van der Waals surface area contributed by atoms with Gasteiger partial charge in [-0.15, -0.1) is 0 Å².